The van der Waals surface area contributed by atoms with Gasteiger partial charge in [0, 0.05) is 28.6 Å². The summed E-state index contributed by atoms with van der Waals surface area (Å²) in [5.74, 6) is 0. The molecule has 0 radical (unpaired) electrons. The first-order valence-corrected chi connectivity index (χ1v) is 18.4. The van der Waals surface area contributed by atoms with Gasteiger partial charge in [-0.3, -0.25) is 9.97 Å². The van der Waals surface area contributed by atoms with E-state index in [1.54, 1.807) is 0 Å². The van der Waals surface area contributed by atoms with Crippen molar-refractivity contribution in [2.75, 3.05) is 0 Å². The number of rotatable bonds is 3. The summed E-state index contributed by atoms with van der Waals surface area (Å²) in [4.78, 5) is 10.0. The summed E-state index contributed by atoms with van der Waals surface area (Å²) in [6.45, 7) is 4.72. The minimum Gasteiger partial charge on any atom is -0.254 e. The Balaban J connectivity index is 1.11. The van der Waals surface area contributed by atoms with E-state index in [0.717, 1.165) is 21.8 Å². The van der Waals surface area contributed by atoms with E-state index in [4.69, 9.17) is 9.97 Å². The summed E-state index contributed by atoms with van der Waals surface area (Å²) in [6.07, 6.45) is 3.91. The van der Waals surface area contributed by atoms with Gasteiger partial charge in [-0.15, -0.1) is 0 Å². The van der Waals surface area contributed by atoms with Gasteiger partial charge in [-0.25, -0.2) is 0 Å². The summed E-state index contributed by atoms with van der Waals surface area (Å²) in [6, 6.07) is 57.8. The number of benzene rings is 8. The van der Waals surface area contributed by atoms with E-state index in [1.807, 2.05) is 12.4 Å². The fourth-order valence-electron chi connectivity index (χ4n) is 9.22. The summed E-state index contributed by atoms with van der Waals surface area (Å²) in [5.41, 5.74) is 14.4. The predicted molar refractivity (Wildman–Crippen MR) is 223 cm³/mol. The highest BCUT2D eigenvalue weighted by molar-refractivity contribution is 6.24. The summed E-state index contributed by atoms with van der Waals surface area (Å²) >= 11 is 0. The van der Waals surface area contributed by atoms with Crippen molar-refractivity contribution in [3.05, 3.63) is 181 Å². The van der Waals surface area contributed by atoms with Crippen molar-refractivity contribution in [1.82, 2.24) is 9.97 Å². The Morgan fingerprint density at radius 1 is 0.358 bits per heavy atom. The van der Waals surface area contributed by atoms with Crippen LogP contribution in [0.1, 0.15) is 25.0 Å². The highest BCUT2D eigenvalue weighted by Crippen LogP contribution is 2.51. The molecule has 11 rings (SSSR count). The number of hydrogen-bond acceptors (Lipinski definition) is 2. The number of hydrogen-bond donors (Lipinski definition) is 0. The van der Waals surface area contributed by atoms with Gasteiger partial charge in [0.2, 0.25) is 0 Å². The fourth-order valence-corrected chi connectivity index (χ4v) is 9.22. The molecule has 2 aromatic heterocycles. The van der Waals surface area contributed by atoms with Gasteiger partial charge in [-0.05, 0) is 118 Å². The van der Waals surface area contributed by atoms with Gasteiger partial charge in [-0.1, -0.05) is 141 Å². The fraction of sp³-hybridized carbons (Fsp3) is 0.0588. The molecule has 0 N–H and O–H groups in total. The topological polar surface area (TPSA) is 25.8 Å². The van der Waals surface area contributed by atoms with E-state index in [9.17, 15) is 0 Å². The van der Waals surface area contributed by atoms with E-state index < -0.39 is 0 Å². The van der Waals surface area contributed by atoms with Crippen LogP contribution in [-0.2, 0) is 5.41 Å². The third-order valence-corrected chi connectivity index (χ3v) is 11.7. The molecule has 0 bridgehead atoms. The maximum atomic E-state index is 5.03. The molecular weight excluding hydrogens is 641 g/mol. The first-order valence-electron chi connectivity index (χ1n) is 18.4. The minimum absolute atomic E-state index is 0.113. The molecule has 1 aliphatic rings. The number of nitrogens with zero attached hydrogens (tertiary/aromatic N) is 2. The van der Waals surface area contributed by atoms with Crippen molar-refractivity contribution < 1.29 is 0 Å². The molecule has 0 atom stereocenters. The Morgan fingerprint density at radius 2 is 0.887 bits per heavy atom. The molecule has 2 heterocycles. The van der Waals surface area contributed by atoms with Crippen LogP contribution in [0.5, 0.6) is 0 Å². The molecule has 0 saturated carbocycles. The monoisotopic (exact) mass is 674 g/mol. The third-order valence-electron chi connectivity index (χ3n) is 11.7. The van der Waals surface area contributed by atoms with Gasteiger partial charge in [0.25, 0.3) is 0 Å². The van der Waals surface area contributed by atoms with Gasteiger partial charge in [0.15, 0.2) is 0 Å². The Morgan fingerprint density at radius 3 is 1.55 bits per heavy atom. The molecule has 1 aliphatic carbocycles. The van der Waals surface area contributed by atoms with Crippen LogP contribution >= 0.6 is 0 Å². The lowest BCUT2D eigenvalue weighted by Gasteiger charge is -2.22. The third kappa shape index (κ3) is 4.33. The molecule has 8 aromatic carbocycles. The average Bonchev–Trinajstić information content (AvgIpc) is 3.43. The van der Waals surface area contributed by atoms with Crippen LogP contribution in [0.3, 0.4) is 0 Å². The molecule has 0 fully saturated rings. The van der Waals surface area contributed by atoms with E-state index >= 15 is 0 Å². The van der Waals surface area contributed by atoms with Gasteiger partial charge in [0.05, 0.1) is 11.0 Å². The second-order valence-electron chi connectivity index (χ2n) is 14.9. The molecule has 0 spiro atoms. The molecule has 248 valence electrons. The molecule has 2 nitrogen and oxygen atoms in total. The zero-order valence-electron chi connectivity index (χ0n) is 29.6. The van der Waals surface area contributed by atoms with Crippen molar-refractivity contribution >= 4 is 54.1 Å². The lowest BCUT2D eigenvalue weighted by atomic mass is 9.81. The lowest BCUT2D eigenvalue weighted by Crippen LogP contribution is -2.15. The molecular formula is C51H34N2. The Labute approximate surface area is 308 Å². The van der Waals surface area contributed by atoms with E-state index in [-0.39, 0.29) is 5.41 Å². The van der Waals surface area contributed by atoms with Crippen LogP contribution in [-0.4, -0.2) is 9.97 Å². The van der Waals surface area contributed by atoms with Crippen LogP contribution in [0, 0.1) is 0 Å². The smallest absolute Gasteiger partial charge is 0.0971 e. The van der Waals surface area contributed by atoms with Crippen LogP contribution in [0.15, 0.2) is 170 Å². The molecule has 0 unspecified atom stereocenters. The maximum absolute atomic E-state index is 5.03. The minimum atomic E-state index is -0.113. The van der Waals surface area contributed by atoms with Gasteiger partial charge >= 0.3 is 0 Å². The average molecular weight is 675 g/mol. The summed E-state index contributed by atoms with van der Waals surface area (Å²) in [5, 5.41) is 9.73. The van der Waals surface area contributed by atoms with Crippen LogP contribution in [0.4, 0.5) is 0 Å². The van der Waals surface area contributed by atoms with Crippen LogP contribution in [0.25, 0.3) is 98.6 Å². The van der Waals surface area contributed by atoms with E-state index in [2.05, 4.69) is 172 Å². The molecule has 10 aromatic rings. The summed E-state index contributed by atoms with van der Waals surface area (Å²) < 4.78 is 0. The second-order valence-corrected chi connectivity index (χ2v) is 14.9. The van der Waals surface area contributed by atoms with Crippen molar-refractivity contribution in [3.8, 4) is 44.5 Å². The number of pyridine rings is 2. The lowest BCUT2D eigenvalue weighted by molar-refractivity contribution is 0.661. The van der Waals surface area contributed by atoms with Crippen molar-refractivity contribution in [2.24, 2.45) is 0 Å². The molecule has 0 aliphatic heterocycles. The highest BCUT2D eigenvalue weighted by atomic mass is 14.7. The SMILES string of the molecule is CC1(C)c2cc(-c3ccnc4c3ccc3c(-c5c6ccccc6c(-c6ccccc6)c6ccccc56)ccnc34)ccc2-c2cc3ccccc3cc21. The number of fused-ring (bicyclic) bond motifs is 9. The van der Waals surface area contributed by atoms with Crippen LogP contribution < -0.4 is 0 Å². The Hall–Kier alpha value is -6.64. The largest absolute Gasteiger partial charge is 0.254 e. The molecule has 53 heavy (non-hydrogen) atoms. The highest BCUT2D eigenvalue weighted by Gasteiger charge is 2.36. The predicted octanol–water partition coefficient (Wildman–Crippen LogP) is 13.5. The van der Waals surface area contributed by atoms with Crippen molar-refractivity contribution in [1.29, 1.82) is 0 Å². The second kappa shape index (κ2) is 11.2. The zero-order chi connectivity index (χ0) is 35.3. The maximum Gasteiger partial charge on any atom is 0.0971 e. The molecule has 0 amide bonds. The Kier molecular flexibility index (Phi) is 6.33. The van der Waals surface area contributed by atoms with Gasteiger partial charge < -0.3 is 0 Å². The van der Waals surface area contributed by atoms with Gasteiger partial charge in [0.1, 0.15) is 0 Å². The first-order chi connectivity index (χ1) is 26.1. The summed E-state index contributed by atoms with van der Waals surface area (Å²) in [7, 11) is 0. The Bertz CT molecular complexity index is 3080. The van der Waals surface area contributed by atoms with Crippen molar-refractivity contribution in [2.45, 2.75) is 19.3 Å². The molecule has 2 heteroatoms. The quantitative estimate of drug-likeness (QED) is 0.138. The standard InChI is InChI=1S/C51H34N2/c1-51(2)45-30-34(20-21-36(45)44-28-32-14-6-7-15-33(32)29-46(44)51)35-24-26-52-49-42(35)22-23-43-41(25-27-53-50(43)49)48-39-18-10-8-16-37(39)47(31-12-4-3-5-13-31)38-17-9-11-19-40(38)48/h3-30H,1-2H3. The number of aromatic nitrogens is 2. The molecule has 0 saturated heterocycles. The van der Waals surface area contributed by atoms with E-state index in [0.29, 0.717) is 0 Å². The zero-order valence-corrected chi connectivity index (χ0v) is 29.6. The van der Waals surface area contributed by atoms with Gasteiger partial charge in [-0.2, -0.15) is 0 Å². The normalized spacial score (nSPS) is 13.2. The van der Waals surface area contributed by atoms with Crippen molar-refractivity contribution in [3.63, 3.8) is 0 Å². The first kappa shape index (κ1) is 30.0. The van der Waals surface area contributed by atoms with E-state index in [1.165, 1.54) is 88.0 Å². The van der Waals surface area contributed by atoms with Crippen LogP contribution in [0.2, 0.25) is 0 Å².